The van der Waals surface area contributed by atoms with Gasteiger partial charge in [-0.1, -0.05) is 236 Å². The first-order valence-electron chi connectivity index (χ1n) is 29.1. The van der Waals surface area contributed by atoms with Crippen molar-refractivity contribution in [1.29, 1.82) is 0 Å². The summed E-state index contributed by atoms with van der Waals surface area (Å²) in [6, 6.07) is 0. The third-order valence-electron chi connectivity index (χ3n) is 12.8. The molecule has 0 heterocycles. The fourth-order valence-electron chi connectivity index (χ4n) is 8.33. The lowest BCUT2D eigenvalue weighted by atomic mass is 10.0. The van der Waals surface area contributed by atoms with Crippen molar-refractivity contribution in [3.8, 4) is 0 Å². The van der Waals surface area contributed by atoms with Gasteiger partial charge < -0.3 is 14.2 Å². The first-order chi connectivity index (χ1) is 33.0. The fraction of sp³-hybridized carbons (Fsp3) is 0.820. The van der Waals surface area contributed by atoms with Crippen molar-refractivity contribution < 1.29 is 28.6 Å². The predicted octanol–water partition coefficient (Wildman–Crippen LogP) is 19.4. The summed E-state index contributed by atoms with van der Waals surface area (Å²) in [7, 11) is 0. The van der Waals surface area contributed by atoms with Gasteiger partial charge in [-0.05, 0) is 96.3 Å². The molecule has 0 saturated heterocycles. The lowest BCUT2D eigenvalue weighted by Gasteiger charge is -2.18. The smallest absolute Gasteiger partial charge is 0.306 e. The standard InChI is InChI=1S/C61H110O6/c1-4-7-10-13-16-19-22-24-26-27-28-29-30-31-32-33-35-36-39-42-45-48-51-54-60(63)66-57-58(56-65-59(62)53-50-47-44-41-38-21-18-15-12-9-6-3)67-61(64)55-52-49-46-43-40-37-34-25-23-20-17-14-11-8-5-2/h15,17-18,20,25,27-28,34,58H,4-14,16,19,21-24,26,29-33,35-57H2,1-3H3/b18-15-,20-17-,28-27-,34-25-. The van der Waals surface area contributed by atoms with E-state index in [-0.39, 0.29) is 31.1 Å². The van der Waals surface area contributed by atoms with Crippen LogP contribution in [0, 0.1) is 0 Å². The molecule has 67 heavy (non-hydrogen) atoms. The van der Waals surface area contributed by atoms with Crippen LogP contribution in [0.2, 0.25) is 0 Å². The van der Waals surface area contributed by atoms with Crippen LogP contribution in [-0.4, -0.2) is 37.2 Å². The monoisotopic (exact) mass is 939 g/mol. The van der Waals surface area contributed by atoms with Crippen molar-refractivity contribution in [2.45, 2.75) is 309 Å². The van der Waals surface area contributed by atoms with Crippen LogP contribution < -0.4 is 0 Å². The molecule has 0 aromatic rings. The highest BCUT2D eigenvalue weighted by atomic mass is 16.6. The summed E-state index contributed by atoms with van der Waals surface area (Å²) >= 11 is 0. The van der Waals surface area contributed by atoms with E-state index in [1.807, 2.05) is 0 Å². The average molecular weight is 940 g/mol. The number of hydrogen-bond donors (Lipinski definition) is 0. The zero-order valence-electron chi connectivity index (χ0n) is 44.7. The number of esters is 3. The molecule has 0 fully saturated rings. The lowest BCUT2D eigenvalue weighted by Crippen LogP contribution is -2.30. The minimum atomic E-state index is -0.782. The van der Waals surface area contributed by atoms with Crippen molar-refractivity contribution in [1.82, 2.24) is 0 Å². The van der Waals surface area contributed by atoms with E-state index in [1.54, 1.807) is 0 Å². The number of ether oxygens (including phenoxy) is 3. The molecule has 0 aromatic carbocycles. The first kappa shape index (κ1) is 64.4. The summed E-state index contributed by atoms with van der Waals surface area (Å²) in [5, 5.41) is 0. The van der Waals surface area contributed by atoms with Crippen molar-refractivity contribution in [3.63, 3.8) is 0 Å². The highest BCUT2D eigenvalue weighted by Gasteiger charge is 2.19. The third kappa shape index (κ3) is 54.2. The second-order valence-corrected chi connectivity index (χ2v) is 19.5. The van der Waals surface area contributed by atoms with Crippen LogP contribution in [0.15, 0.2) is 48.6 Å². The van der Waals surface area contributed by atoms with Gasteiger partial charge >= 0.3 is 17.9 Å². The average Bonchev–Trinajstić information content (AvgIpc) is 3.33. The molecule has 0 N–H and O–H groups in total. The summed E-state index contributed by atoms with van der Waals surface area (Å²) in [5.41, 5.74) is 0. The molecular formula is C61H110O6. The Hall–Kier alpha value is -2.63. The number of unbranched alkanes of at least 4 members (excludes halogenated alkanes) is 34. The second kappa shape index (κ2) is 56.0. The molecule has 1 unspecified atom stereocenters. The zero-order valence-corrected chi connectivity index (χ0v) is 44.7. The molecule has 0 saturated carbocycles. The molecule has 0 amide bonds. The Morgan fingerprint density at radius 2 is 0.552 bits per heavy atom. The van der Waals surface area contributed by atoms with Gasteiger partial charge in [-0.15, -0.1) is 0 Å². The van der Waals surface area contributed by atoms with Crippen molar-refractivity contribution in [3.05, 3.63) is 48.6 Å². The zero-order chi connectivity index (χ0) is 48.6. The first-order valence-corrected chi connectivity index (χ1v) is 29.1. The highest BCUT2D eigenvalue weighted by Crippen LogP contribution is 2.16. The van der Waals surface area contributed by atoms with E-state index in [0.717, 1.165) is 89.9 Å². The largest absolute Gasteiger partial charge is 0.462 e. The Bertz CT molecular complexity index is 1170. The minimum absolute atomic E-state index is 0.0804. The third-order valence-corrected chi connectivity index (χ3v) is 12.8. The van der Waals surface area contributed by atoms with Crippen LogP contribution in [0.5, 0.6) is 0 Å². The number of allylic oxidation sites excluding steroid dienone is 8. The van der Waals surface area contributed by atoms with Crippen LogP contribution in [0.3, 0.4) is 0 Å². The molecule has 0 aliphatic heterocycles. The van der Waals surface area contributed by atoms with Gasteiger partial charge in [0.1, 0.15) is 13.2 Å². The minimum Gasteiger partial charge on any atom is -0.462 e. The lowest BCUT2D eigenvalue weighted by molar-refractivity contribution is -0.167. The summed E-state index contributed by atoms with van der Waals surface area (Å²) in [6.07, 6.45) is 68.2. The van der Waals surface area contributed by atoms with Crippen molar-refractivity contribution >= 4 is 17.9 Å². The molecule has 0 spiro atoms. The SMILES string of the molecule is CCCC/C=C\CCCCCCCC(=O)OCC(COC(=O)CCCCCCCCCCCCC/C=C\CCCCCCCCCC)OC(=O)CCCCCCC/C=C\C/C=C\CCCCC. The topological polar surface area (TPSA) is 78.9 Å². The maximum Gasteiger partial charge on any atom is 0.306 e. The highest BCUT2D eigenvalue weighted by molar-refractivity contribution is 5.71. The summed E-state index contributed by atoms with van der Waals surface area (Å²) in [5.74, 6) is -0.894. The van der Waals surface area contributed by atoms with Crippen molar-refractivity contribution in [2.24, 2.45) is 0 Å². The Morgan fingerprint density at radius 3 is 0.910 bits per heavy atom. The molecule has 1 atom stereocenters. The van der Waals surface area contributed by atoms with Crippen molar-refractivity contribution in [2.75, 3.05) is 13.2 Å². The van der Waals surface area contributed by atoms with Gasteiger partial charge in [0.15, 0.2) is 6.10 Å². The van der Waals surface area contributed by atoms with Gasteiger partial charge in [0.2, 0.25) is 0 Å². The quantitative estimate of drug-likeness (QED) is 0.0262. The summed E-state index contributed by atoms with van der Waals surface area (Å²) < 4.78 is 16.8. The Morgan fingerprint density at radius 1 is 0.299 bits per heavy atom. The predicted molar refractivity (Wildman–Crippen MR) is 289 cm³/mol. The molecule has 6 heteroatoms. The number of carbonyl (C=O) groups excluding carboxylic acids is 3. The maximum atomic E-state index is 12.8. The van der Waals surface area contributed by atoms with E-state index in [1.165, 1.54) is 173 Å². The van der Waals surface area contributed by atoms with Gasteiger partial charge in [0.05, 0.1) is 0 Å². The molecule has 0 aliphatic rings. The van der Waals surface area contributed by atoms with Gasteiger partial charge in [-0.3, -0.25) is 14.4 Å². The molecule has 6 nitrogen and oxygen atoms in total. The van der Waals surface area contributed by atoms with Gasteiger partial charge in [0.25, 0.3) is 0 Å². The summed E-state index contributed by atoms with van der Waals surface area (Å²) in [4.78, 5) is 38.1. The molecular weight excluding hydrogens is 829 g/mol. The Kier molecular flexibility index (Phi) is 53.8. The van der Waals surface area contributed by atoms with Crippen LogP contribution in [0.1, 0.15) is 303 Å². The van der Waals surface area contributed by atoms with Crippen LogP contribution >= 0.6 is 0 Å². The Labute approximate surface area is 416 Å². The van der Waals surface area contributed by atoms with Gasteiger partial charge in [-0.2, -0.15) is 0 Å². The fourth-order valence-corrected chi connectivity index (χ4v) is 8.33. The van der Waals surface area contributed by atoms with Gasteiger partial charge in [-0.25, -0.2) is 0 Å². The molecule has 390 valence electrons. The van der Waals surface area contributed by atoms with Gasteiger partial charge in [0, 0.05) is 19.3 Å². The molecule has 0 aliphatic carbocycles. The normalized spacial score (nSPS) is 12.3. The molecule has 0 bridgehead atoms. The van der Waals surface area contributed by atoms with E-state index in [2.05, 4.69) is 69.4 Å². The number of hydrogen-bond acceptors (Lipinski definition) is 6. The summed E-state index contributed by atoms with van der Waals surface area (Å²) in [6.45, 7) is 6.58. The molecule has 0 aromatic heterocycles. The number of carbonyl (C=O) groups is 3. The maximum absolute atomic E-state index is 12.8. The Balaban J connectivity index is 4.27. The van der Waals surface area contributed by atoms with E-state index < -0.39 is 6.10 Å². The van der Waals surface area contributed by atoms with E-state index in [0.29, 0.717) is 19.3 Å². The second-order valence-electron chi connectivity index (χ2n) is 19.5. The van der Waals surface area contributed by atoms with Crippen LogP contribution in [-0.2, 0) is 28.6 Å². The number of rotatable bonds is 53. The van der Waals surface area contributed by atoms with Crippen LogP contribution in [0.25, 0.3) is 0 Å². The van der Waals surface area contributed by atoms with E-state index >= 15 is 0 Å². The van der Waals surface area contributed by atoms with E-state index in [9.17, 15) is 14.4 Å². The van der Waals surface area contributed by atoms with E-state index in [4.69, 9.17) is 14.2 Å². The van der Waals surface area contributed by atoms with Crippen LogP contribution in [0.4, 0.5) is 0 Å². The molecule has 0 rings (SSSR count). The molecule has 0 radical (unpaired) electrons.